The molecule has 2 rings (SSSR count). The van der Waals surface area contributed by atoms with Gasteiger partial charge in [0, 0.05) is 30.7 Å². The Morgan fingerprint density at radius 1 is 1.47 bits per heavy atom. The van der Waals surface area contributed by atoms with Crippen molar-refractivity contribution in [3.8, 4) is 0 Å². The number of piperidine rings is 1. The summed E-state index contributed by atoms with van der Waals surface area (Å²) in [5.41, 5.74) is 1.11. The molecule has 1 fully saturated rings. The van der Waals surface area contributed by atoms with Crippen molar-refractivity contribution < 1.29 is 0 Å². The lowest BCUT2D eigenvalue weighted by molar-refractivity contribution is 0.121. The molecular formula is C12H22N4S. The van der Waals surface area contributed by atoms with E-state index in [4.69, 9.17) is 0 Å². The molecule has 0 aliphatic carbocycles. The van der Waals surface area contributed by atoms with E-state index in [0.29, 0.717) is 6.04 Å². The lowest BCUT2D eigenvalue weighted by Crippen LogP contribution is -2.39. The zero-order valence-corrected chi connectivity index (χ0v) is 11.8. The summed E-state index contributed by atoms with van der Waals surface area (Å²) in [5.74, 6) is 0.864. The number of rotatable bonds is 4. The molecule has 1 aliphatic heterocycles. The smallest absolute Gasteiger partial charge is 0.134 e. The predicted octanol–water partition coefficient (Wildman–Crippen LogP) is 2.59. The Morgan fingerprint density at radius 3 is 3.00 bits per heavy atom. The molecule has 17 heavy (non-hydrogen) atoms. The monoisotopic (exact) mass is 254 g/mol. The van der Waals surface area contributed by atoms with Crippen LogP contribution in [0.15, 0.2) is 0 Å². The van der Waals surface area contributed by atoms with Crippen LogP contribution in [0.4, 0.5) is 5.00 Å². The first-order chi connectivity index (χ1) is 8.20. The second kappa shape index (κ2) is 5.78. The highest BCUT2D eigenvalue weighted by Gasteiger charge is 2.24. The maximum absolute atomic E-state index is 4.25. The van der Waals surface area contributed by atoms with Crippen LogP contribution in [0.3, 0.4) is 0 Å². The van der Waals surface area contributed by atoms with Gasteiger partial charge in [0.05, 0.1) is 0 Å². The second-order valence-electron chi connectivity index (χ2n) is 5.03. The van der Waals surface area contributed by atoms with Crippen LogP contribution in [-0.2, 0) is 6.54 Å². The summed E-state index contributed by atoms with van der Waals surface area (Å²) in [7, 11) is 0. The molecule has 0 saturated carbocycles. The average Bonchev–Trinajstić information content (AvgIpc) is 2.71. The summed E-state index contributed by atoms with van der Waals surface area (Å²) in [4.78, 5) is 2.53. The van der Waals surface area contributed by atoms with Gasteiger partial charge in [-0.25, -0.2) is 0 Å². The van der Waals surface area contributed by atoms with E-state index in [1.165, 1.54) is 30.9 Å². The van der Waals surface area contributed by atoms with Gasteiger partial charge in [-0.2, -0.15) is 0 Å². The predicted molar refractivity (Wildman–Crippen MR) is 72.3 cm³/mol. The average molecular weight is 254 g/mol. The fraction of sp³-hybridized carbons (Fsp3) is 0.833. The van der Waals surface area contributed by atoms with Crippen molar-refractivity contribution in [3.63, 3.8) is 0 Å². The maximum atomic E-state index is 4.25. The number of aromatic nitrogens is 2. The highest BCUT2D eigenvalue weighted by molar-refractivity contribution is 7.10. The van der Waals surface area contributed by atoms with Gasteiger partial charge in [0.1, 0.15) is 10.7 Å². The van der Waals surface area contributed by atoms with E-state index in [2.05, 4.69) is 40.6 Å². The first kappa shape index (κ1) is 12.8. The van der Waals surface area contributed by atoms with Crippen LogP contribution >= 0.6 is 11.5 Å². The highest BCUT2D eigenvalue weighted by atomic mass is 32.1. The topological polar surface area (TPSA) is 41.1 Å². The first-order valence-electron chi connectivity index (χ1n) is 6.49. The van der Waals surface area contributed by atoms with E-state index in [9.17, 15) is 0 Å². The van der Waals surface area contributed by atoms with E-state index in [1.54, 1.807) is 0 Å². The zero-order chi connectivity index (χ0) is 12.3. The van der Waals surface area contributed by atoms with E-state index >= 15 is 0 Å². The molecule has 0 amide bonds. The molecule has 4 nitrogen and oxygen atoms in total. The van der Waals surface area contributed by atoms with Crippen LogP contribution in [0.5, 0.6) is 0 Å². The first-order valence-corrected chi connectivity index (χ1v) is 7.27. The van der Waals surface area contributed by atoms with Crippen LogP contribution in [-0.4, -0.2) is 33.6 Å². The highest BCUT2D eigenvalue weighted by Crippen LogP contribution is 2.26. The lowest BCUT2D eigenvalue weighted by Gasteiger charge is -2.36. The van der Waals surface area contributed by atoms with Crippen molar-refractivity contribution >= 4 is 16.5 Å². The van der Waals surface area contributed by atoms with E-state index < -0.39 is 0 Å². The maximum Gasteiger partial charge on any atom is 0.134 e. The third-order valence-electron chi connectivity index (χ3n) is 3.52. The Labute approximate surface area is 108 Å². The molecule has 2 unspecified atom stereocenters. The van der Waals surface area contributed by atoms with Crippen LogP contribution in [0.2, 0.25) is 0 Å². The Morgan fingerprint density at radius 2 is 2.29 bits per heavy atom. The molecule has 1 N–H and O–H groups in total. The van der Waals surface area contributed by atoms with Gasteiger partial charge in [-0.05, 0) is 39.2 Å². The fourth-order valence-electron chi connectivity index (χ4n) is 2.49. The Balaban J connectivity index is 1.97. The molecule has 1 aliphatic rings. The molecule has 0 bridgehead atoms. The molecule has 1 aromatic heterocycles. The molecule has 0 spiro atoms. The molecule has 1 saturated heterocycles. The molecule has 2 heterocycles. The van der Waals surface area contributed by atoms with E-state index in [-0.39, 0.29) is 0 Å². The normalized spacial score (nSPS) is 26.1. The minimum absolute atomic E-state index is 0.662. The number of anilines is 1. The van der Waals surface area contributed by atoms with Crippen molar-refractivity contribution in [2.75, 3.05) is 18.4 Å². The Bertz CT molecular complexity index is 352. The Hall–Kier alpha value is -0.680. The van der Waals surface area contributed by atoms with Crippen molar-refractivity contribution in [1.82, 2.24) is 14.5 Å². The number of hydrogen-bond acceptors (Lipinski definition) is 5. The SMILES string of the molecule is CCNc1snnc1CN1CCC(C)CC1C. The van der Waals surface area contributed by atoms with Gasteiger partial charge in [0.15, 0.2) is 0 Å². The summed E-state index contributed by atoms with van der Waals surface area (Å²) in [6.07, 6.45) is 2.60. The molecular weight excluding hydrogens is 232 g/mol. The summed E-state index contributed by atoms with van der Waals surface area (Å²) in [6, 6.07) is 0.662. The number of nitrogens with one attached hydrogen (secondary N) is 1. The molecule has 5 heteroatoms. The quantitative estimate of drug-likeness (QED) is 0.896. The second-order valence-corrected chi connectivity index (χ2v) is 5.78. The van der Waals surface area contributed by atoms with Crippen molar-refractivity contribution in [2.45, 2.75) is 46.2 Å². The van der Waals surface area contributed by atoms with Gasteiger partial charge in [0.2, 0.25) is 0 Å². The van der Waals surface area contributed by atoms with Gasteiger partial charge < -0.3 is 5.32 Å². The number of likely N-dealkylation sites (tertiary alicyclic amines) is 1. The summed E-state index contributed by atoms with van der Waals surface area (Å²) >= 11 is 1.47. The van der Waals surface area contributed by atoms with Crippen LogP contribution in [0.25, 0.3) is 0 Å². The lowest BCUT2D eigenvalue weighted by atomic mass is 9.93. The van der Waals surface area contributed by atoms with Crippen LogP contribution < -0.4 is 5.32 Å². The van der Waals surface area contributed by atoms with Gasteiger partial charge in [-0.1, -0.05) is 11.4 Å². The molecule has 2 atom stereocenters. The molecule has 1 aromatic rings. The Kier molecular flexibility index (Phi) is 4.34. The van der Waals surface area contributed by atoms with Gasteiger partial charge in [-0.15, -0.1) is 5.10 Å². The summed E-state index contributed by atoms with van der Waals surface area (Å²) in [5, 5.41) is 8.72. The third-order valence-corrected chi connectivity index (χ3v) is 4.25. The third kappa shape index (κ3) is 3.16. The minimum atomic E-state index is 0.662. The standard InChI is InChI=1S/C12H22N4S/c1-4-13-12-11(14-15-17-12)8-16-6-5-9(2)7-10(16)3/h9-10,13H,4-8H2,1-3H3. The van der Waals surface area contributed by atoms with Crippen molar-refractivity contribution in [2.24, 2.45) is 5.92 Å². The number of hydrogen-bond donors (Lipinski definition) is 1. The summed E-state index contributed by atoms with van der Waals surface area (Å²) < 4.78 is 4.05. The van der Waals surface area contributed by atoms with E-state index in [0.717, 1.165) is 29.7 Å². The minimum Gasteiger partial charge on any atom is -0.374 e. The molecule has 0 radical (unpaired) electrons. The largest absolute Gasteiger partial charge is 0.374 e. The van der Waals surface area contributed by atoms with Gasteiger partial charge in [-0.3, -0.25) is 4.90 Å². The van der Waals surface area contributed by atoms with Crippen LogP contribution in [0, 0.1) is 5.92 Å². The van der Waals surface area contributed by atoms with Gasteiger partial charge >= 0.3 is 0 Å². The summed E-state index contributed by atoms with van der Waals surface area (Å²) in [6.45, 7) is 9.83. The fourth-order valence-corrected chi connectivity index (χ4v) is 3.13. The molecule has 96 valence electrons. The van der Waals surface area contributed by atoms with Crippen LogP contribution in [0.1, 0.15) is 39.3 Å². The van der Waals surface area contributed by atoms with Crippen molar-refractivity contribution in [1.29, 1.82) is 0 Å². The van der Waals surface area contributed by atoms with E-state index in [1.807, 2.05) is 0 Å². The van der Waals surface area contributed by atoms with Crippen molar-refractivity contribution in [3.05, 3.63) is 5.69 Å². The zero-order valence-electron chi connectivity index (χ0n) is 10.9. The number of nitrogens with zero attached hydrogens (tertiary/aromatic N) is 3. The van der Waals surface area contributed by atoms with Gasteiger partial charge in [0.25, 0.3) is 0 Å². The molecule has 0 aromatic carbocycles.